The van der Waals surface area contributed by atoms with Crippen molar-refractivity contribution < 1.29 is 4.79 Å². The molecule has 3 heterocycles. The van der Waals surface area contributed by atoms with E-state index in [1.165, 1.54) is 0 Å². The highest BCUT2D eigenvalue weighted by Crippen LogP contribution is 2.20. The number of urea groups is 1. The van der Waals surface area contributed by atoms with Crippen LogP contribution in [-0.4, -0.2) is 65.2 Å². The van der Waals surface area contributed by atoms with E-state index < -0.39 is 0 Å². The molecule has 6 nitrogen and oxygen atoms in total. The molecule has 6 heteroatoms. The fourth-order valence-electron chi connectivity index (χ4n) is 3.48. The number of likely N-dealkylation sites (tertiary alicyclic amines) is 1. The van der Waals surface area contributed by atoms with Crippen LogP contribution in [0.15, 0.2) is 12.4 Å². The molecule has 22 heavy (non-hydrogen) atoms. The number of aryl methyl sites for hydroxylation is 1. The van der Waals surface area contributed by atoms with E-state index in [-0.39, 0.29) is 6.03 Å². The number of carbonyl (C=O) groups excluding carboxylic acids is 1. The van der Waals surface area contributed by atoms with E-state index in [0.717, 1.165) is 57.7 Å². The van der Waals surface area contributed by atoms with Crippen LogP contribution in [0.4, 0.5) is 4.79 Å². The minimum atomic E-state index is 0.0727. The average molecular weight is 305 g/mol. The number of piperidine rings is 1. The van der Waals surface area contributed by atoms with Crippen LogP contribution in [0.2, 0.25) is 0 Å². The lowest BCUT2D eigenvalue weighted by molar-refractivity contribution is 0.179. The zero-order chi connectivity index (χ0) is 15.5. The highest BCUT2D eigenvalue weighted by Gasteiger charge is 2.24. The summed E-state index contributed by atoms with van der Waals surface area (Å²) in [5.74, 6) is 1.67. The minimum Gasteiger partial charge on any atom is -0.335 e. The van der Waals surface area contributed by atoms with Gasteiger partial charge >= 0.3 is 6.03 Å². The summed E-state index contributed by atoms with van der Waals surface area (Å²) in [7, 11) is 4.04. The second-order valence-electron chi connectivity index (χ2n) is 6.80. The second-order valence-corrected chi connectivity index (χ2v) is 6.80. The third kappa shape index (κ3) is 3.61. The molecule has 1 aromatic rings. The zero-order valence-electron chi connectivity index (χ0n) is 13.7. The molecule has 3 rings (SSSR count). The quantitative estimate of drug-likeness (QED) is 0.912. The van der Waals surface area contributed by atoms with Gasteiger partial charge in [0.2, 0.25) is 0 Å². The molecule has 0 aliphatic carbocycles. The van der Waals surface area contributed by atoms with Gasteiger partial charge in [-0.3, -0.25) is 0 Å². The van der Waals surface area contributed by atoms with Gasteiger partial charge in [-0.05, 0) is 45.3 Å². The number of aromatic nitrogens is 2. The molecule has 0 radical (unpaired) electrons. The van der Waals surface area contributed by atoms with Crippen LogP contribution < -0.4 is 5.32 Å². The average Bonchev–Trinajstić information content (AvgIpc) is 2.97. The van der Waals surface area contributed by atoms with Gasteiger partial charge in [-0.15, -0.1) is 0 Å². The third-order valence-electron chi connectivity index (χ3n) is 4.98. The normalized spacial score (nSPS) is 23.1. The van der Waals surface area contributed by atoms with Gasteiger partial charge in [0.05, 0.1) is 0 Å². The Bertz CT molecular complexity index is 506. The fourth-order valence-corrected chi connectivity index (χ4v) is 3.48. The van der Waals surface area contributed by atoms with Crippen LogP contribution in [0.3, 0.4) is 0 Å². The molecule has 1 saturated heterocycles. The van der Waals surface area contributed by atoms with E-state index in [2.05, 4.69) is 26.8 Å². The standard InChI is InChI=1S/C16H27N5O/c1-19-7-4-14(5-8-19)18-16(22)20(2)12-13-3-9-21-10-6-17-15(21)11-13/h6,10,13-14H,3-5,7-9,11-12H2,1-2H3,(H,18,22)/t13-/m0/s1. The van der Waals surface area contributed by atoms with Crippen molar-refractivity contribution in [3.63, 3.8) is 0 Å². The van der Waals surface area contributed by atoms with Gasteiger partial charge in [-0.2, -0.15) is 0 Å². The molecule has 0 bridgehead atoms. The molecule has 1 N–H and O–H groups in total. The predicted octanol–water partition coefficient (Wildman–Crippen LogP) is 1.18. The Morgan fingerprint density at radius 2 is 2.14 bits per heavy atom. The number of carbonyl (C=O) groups is 1. The van der Waals surface area contributed by atoms with Gasteiger partial charge in [0.15, 0.2) is 0 Å². The van der Waals surface area contributed by atoms with Crippen molar-refractivity contribution in [3.05, 3.63) is 18.2 Å². The Labute approximate surface area is 132 Å². The van der Waals surface area contributed by atoms with Gasteiger partial charge in [-0.1, -0.05) is 0 Å². The van der Waals surface area contributed by atoms with Crippen molar-refractivity contribution in [2.24, 2.45) is 5.92 Å². The number of nitrogens with zero attached hydrogens (tertiary/aromatic N) is 4. The van der Waals surface area contributed by atoms with E-state index >= 15 is 0 Å². The molecule has 2 aliphatic rings. The Morgan fingerprint density at radius 3 is 2.91 bits per heavy atom. The monoisotopic (exact) mass is 305 g/mol. The van der Waals surface area contributed by atoms with Crippen LogP contribution in [0, 0.1) is 5.92 Å². The van der Waals surface area contributed by atoms with Crippen LogP contribution >= 0.6 is 0 Å². The molecule has 2 aliphatic heterocycles. The SMILES string of the molecule is CN1CCC(NC(=O)N(C)C[C@H]2CCn3ccnc3C2)CC1. The lowest BCUT2D eigenvalue weighted by atomic mass is 9.97. The van der Waals surface area contributed by atoms with E-state index in [1.54, 1.807) is 0 Å². The summed E-state index contributed by atoms with van der Waals surface area (Å²) >= 11 is 0. The molecule has 0 spiro atoms. The molecular formula is C16H27N5O. The summed E-state index contributed by atoms with van der Waals surface area (Å²) in [6.45, 7) is 3.97. The number of hydrogen-bond acceptors (Lipinski definition) is 3. The second kappa shape index (κ2) is 6.69. The molecule has 0 aromatic carbocycles. The van der Waals surface area contributed by atoms with Gasteiger partial charge in [0.25, 0.3) is 0 Å². The summed E-state index contributed by atoms with van der Waals surface area (Å²) in [5, 5.41) is 3.18. The Kier molecular flexibility index (Phi) is 4.66. The summed E-state index contributed by atoms with van der Waals surface area (Å²) < 4.78 is 2.22. The molecule has 1 fully saturated rings. The Morgan fingerprint density at radius 1 is 1.36 bits per heavy atom. The number of amides is 2. The van der Waals surface area contributed by atoms with E-state index in [1.807, 2.05) is 24.3 Å². The lowest BCUT2D eigenvalue weighted by Crippen LogP contribution is -2.48. The first-order chi connectivity index (χ1) is 10.6. The number of nitrogens with one attached hydrogen (secondary N) is 1. The van der Waals surface area contributed by atoms with E-state index in [4.69, 9.17) is 0 Å². The number of hydrogen-bond donors (Lipinski definition) is 1. The molecule has 1 atom stereocenters. The zero-order valence-corrected chi connectivity index (χ0v) is 13.7. The predicted molar refractivity (Wildman–Crippen MR) is 85.7 cm³/mol. The van der Waals surface area contributed by atoms with Gasteiger partial charge < -0.3 is 19.7 Å². The van der Waals surface area contributed by atoms with Crippen molar-refractivity contribution in [1.82, 2.24) is 24.7 Å². The highest BCUT2D eigenvalue weighted by molar-refractivity contribution is 5.74. The minimum absolute atomic E-state index is 0.0727. The molecule has 122 valence electrons. The van der Waals surface area contributed by atoms with Gasteiger partial charge in [-0.25, -0.2) is 9.78 Å². The number of imidazole rings is 1. The van der Waals surface area contributed by atoms with Crippen molar-refractivity contribution in [2.75, 3.05) is 33.7 Å². The number of fused-ring (bicyclic) bond motifs is 1. The maximum Gasteiger partial charge on any atom is 0.317 e. The molecule has 0 saturated carbocycles. The van der Waals surface area contributed by atoms with Gasteiger partial charge in [0.1, 0.15) is 5.82 Å². The largest absolute Gasteiger partial charge is 0.335 e. The van der Waals surface area contributed by atoms with Crippen LogP contribution in [0.5, 0.6) is 0 Å². The van der Waals surface area contributed by atoms with Crippen LogP contribution in [-0.2, 0) is 13.0 Å². The topological polar surface area (TPSA) is 53.4 Å². The maximum absolute atomic E-state index is 12.3. The number of rotatable bonds is 3. The summed E-state index contributed by atoms with van der Waals surface area (Å²) in [5.41, 5.74) is 0. The van der Waals surface area contributed by atoms with Crippen molar-refractivity contribution in [3.8, 4) is 0 Å². The molecular weight excluding hydrogens is 278 g/mol. The van der Waals surface area contributed by atoms with Crippen molar-refractivity contribution in [1.29, 1.82) is 0 Å². The summed E-state index contributed by atoms with van der Waals surface area (Å²) in [6.07, 6.45) is 8.11. The lowest BCUT2D eigenvalue weighted by Gasteiger charge is -2.32. The van der Waals surface area contributed by atoms with Crippen molar-refractivity contribution >= 4 is 6.03 Å². The van der Waals surface area contributed by atoms with Crippen molar-refractivity contribution in [2.45, 2.75) is 38.3 Å². The Balaban J connectivity index is 1.45. The summed E-state index contributed by atoms with van der Waals surface area (Å²) in [4.78, 5) is 20.9. The highest BCUT2D eigenvalue weighted by atomic mass is 16.2. The first kappa shape index (κ1) is 15.3. The Hall–Kier alpha value is -1.56. The van der Waals surface area contributed by atoms with Crippen LogP contribution in [0.1, 0.15) is 25.1 Å². The summed E-state index contributed by atoms with van der Waals surface area (Å²) in [6, 6.07) is 0.403. The molecule has 1 aromatic heterocycles. The molecule has 2 amide bonds. The smallest absolute Gasteiger partial charge is 0.317 e. The van der Waals surface area contributed by atoms with E-state index in [9.17, 15) is 4.79 Å². The maximum atomic E-state index is 12.3. The first-order valence-electron chi connectivity index (χ1n) is 8.32. The fraction of sp³-hybridized carbons (Fsp3) is 0.750. The first-order valence-corrected chi connectivity index (χ1v) is 8.32. The van der Waals surface area contributed by atoms with Crippen LogP contribution in [0.25, 0.3) is 0 Å². The van der Waals surface area contributed by atoms with E-state index in [0.29, 0.717) is 12.0 Å². The molecule has 0 unspecified atom stereocenters. The van der Waals surface area contributed by atoms with Gasteiger partial charge in [0, 0.05) is 45.0 Å². The third-order valence-corrected chi connectivity index (χ3v) is 4.98.